The smallest absolute Gasteiger partial charge is 0.136 e. The Kier molecular flexibility index (Phi) is 2.37. The molecule has 1 aromatic carbocycles. The zero-order valence-corrected chi connectivity index (χ0v) is 7.91. The fraction of sp³-hybridized carbons (Fsp3) is 0. The van der Waals surface area contributed by atoms with Crippen LogP contribution in [0.3, 0.4) is 0 Å². The maximum Gasteiger partial charge on any atom is 0.136 e. The highest BCUT2D eigenvalue weighted by atomic mass is 16.4. The maximum atomic E-state index is 8.40. The van der Waals surface area contributed by atoms with Crippen molar-refractivity contribution >= 4 is 12.0 Å². The second-order valence-electron chi connectivity index (χ2n) is 2.98. The van der Waals surface area contributed by atoms with Gasteiger partial charge in [0.1, 0.15) is 5.82 Å². The molecule has 0 fully saturated rings. The van der Waals surface area contributed by atoms with Crippen LogP contribution in [0.5, 0.6) is 0 Å². The number of nitrogens with zero attached hydrogens (tertiary/aromatic N) is 3. The first-order chi connectivity index (χ1) is 7.33. The van der Waals surface area contributed by atoms with Crippen molar-refractivity contribution in [3.8, 4) is 5.69 Å². The van der Waals surface area contributed by atoms with Gasteiger partial charge in [0.15, 0.2) is 0 Å². The Labute approximate surface area is 86.4 Å². The minimum atomic E-state index is 0.444. The van der Waals surface area contributed by atoms with Crippen LogP contribution in [0.2, 0.25) is 0 Å². The van der Waals surface area contributed by atoms with Crippen molar-refractivity contribution < 1.29 is 5.21 Å². The number of nitrogens with two attached hydrogens (primary N) is 1. The molecular weight excluding hydrogens is 192 g/mol. The van der Waals surface area contributed by atoms with Gasteiger partial charge in [-0.2, -0.15) is 5.10 Å². The number of hydrogen-bond acceptors (Lipinski definition) is 4. The lowest BCUT2D eigenvalue weighted by atomic mass is 10.3. The Morgan fingerprint density at radius 2 is 2.07 bits per heavy atom. The zero-order valence-electron chi connectivity index (χ0n) is 7.91. The van der Waals surface area contributed by atoms with Gasteiger partial charge in [0.05, 0.1) is 23.7 Å². The molecule has 0 radical (unpaired) electrons. The van der Waals surface area contributed by atoms with Gasteiger partial charge in [0, 0.05) is 0 Å². The van der Waals surface area contributed by atoms with Crippen molar-refractivity contribution in [3.63, 3.8) is 0 Å². The molecule has 1 heterocycles. The number of para-hydroxylation sites is 1. The Balaban J connectivity index is 2.47. The first-order valence-corrected chi connectivity index (χ1v) is 4.39. The maximum absolute atomic E-state index is 8.40. The van der Waals surface area contributed by atoms with E-state index in [2.05, 4.69) is 10.3 Å². The van der Waals surface area contributed by atoms with Crippen LogP contribution in [0.1, 0.15) is 5.56 Å². The van der Waals surface area contributed by atoms with E-state index in [1.807, 2.05) is 30.3 Å². The summed E-state index contributed by atoms with van der Waals surface area (Å²) in [6, 6.07) is 9.50. The lowest BCUT2D eigenvalue weighted by Crippen LogP contribution is -2.02. The Bertz CT molecular complexity index is 475. The molecule has 0 spiro atoms. The minimum Gasteiger partial charge on any atom is -0.411 e. The summed E-state index contributed by atoms with van der Waals surface area (Å²) >= 11 is 0. The second-order valence-corrected chi connectivity index (χ2v) is 2.98. The van der Waals surface area contributed by atoms with Crippen molar-refractivity contribution in [2.45, 2.75) is 0 Å². The molecule has 3 N–H and O–H groups in total. The number of hydrogen-bond donors (Lipinski definition) is 2. The van der Waals surface area contributed by atoms with Crippen LogP contribution < -0.4 is 5.73 Å². The van der Waals surface area contributed by atoms with Gasteiger partial charge in [0.2, 0.25) is 0 Å². The summed E-state index contributed by atoms with van der Waals surface area (Å²) in [5, 5.41) is 15.4. The van der Waals surface area contributed by atoms with Crippen LogP contribution in [0.15, 0.2) is 41.7 Å². The van der Waals surface area contributed by atoms with Gasteiger partial charge < -0.3 is 10.9 Å². The predicted octanol–water partition coefficient (Wildman–Crippen LogP) is 1.26. The zero-order chi connectivity index (χ0) is 10.7. The van der Waals surface area contributed by atoms with E-state index in [1.54, 1.807) is 10.9 Å². The Morgan fingerprint density at radius 3 is 2.73 bits per heavy atom. The second kappa shape index (κ2) is 3.83. The molecule has 0 amide bonds. The minimum absolute atomic E-state index is 0.444. The third-order valence-electron chi connectivity index (χ3n) is 2.03. The average Bonchev–Trinajstić information content (AvgIpc) is 2.63. The van der Waals surface area contributed by atoms with Crippen molar-refractivity contribution in [2.75, 3.05) is 5.73 Å². The van der Waals surface area contributed by atoms with E-state index in [0.717, 1.165) is 5.69 Å². The third-order valence-corrected chi connectivity index (χ3v) is 2.03. The molecule has 0 atom stereocenters. The molecule has 0 aliphatic heterocycles. The number of oxime groups is 1. The summed E-state index contributed by atoms with van der Waals surface area (Å²) in [5.41, 5.74) is 7.27. The lowest BCUT2D eigenvalue weighted by molar-refractivity contribution is 0.322. The van der Waals surface area contributed by atoms with Crippen molar-refractivity contribution in [1.29, 1.82) is 0 Å². The third kappa shape index (κ3) is 1.67. The van der Waals surface area contributed by atoms with Crippen molar-refractivity contribution in [1.82, 2.24) is 9.78 Å². The van der Waals surface area contributed by atoms with E-state index in [0.29, 0.717) is 11.4 Å². The van der Waals surface area contributed by atoms with Crippen LogP contribution in [-0.2, 0) is 0 Å². The summed E-state index contributed by atoms with van der Waals surface area (Å²) in [7, 11) is 0. The molecule has 0 bridgehead atoms. The molecular formula is C10H10N4O. The molecule has 2 rings (SSSR count). The first kappa shape index (κ1) is 9.26. The fourth-order valence-electron chi connectivity index (χ4n) is 1.31. The summed E-state index contributed by atoms with van der Waals surface area (Å²) in [6.07, 6.45) is 2.80. The van der Waals surface area contributed by atoms with Gasteiger partial charge in [-0.3, -0.25) is 0 Å². The van der Waals surface area contributed by atoms with Crippen LogP contribution in [0.25, 0.3) is 5.69 Å². The molecule has 0 unspecified atom stereocenters. The van der Waals surface area contributed by atoms with E-state index < -0.39 is 0 Å². The highest BCUT2D eigenvalue weighted by Crippen LogP contribution is 2.14. The van der Waals surface area contributed by atoms with Crippen molar-refractivity contribution in [2.24, 2.45) is 5.16 Å². The molecule has 0 aliphatic rings. The number of rotatable bonds is 2. The number of aromatic nitrogens is 2. The van der Waals surface area contributed by atoms with Gasteiger partial charge >= 0.3 is 0 Å². The van der Waals surface area contributed by atoms with Crippen LogP contribution in [0, 0.1) is 0 Å². The van der Waals surface area contributed by atoms with Crippen LogP contribution in [-0.4, -0.2) is 21.2 Å². The molecule has 76 valence electrons. The summed E-state index contributed by atoms with van der Waals surface area (Å²) in [6.45, 7) is 0. The van der Waals surface area contributed by atoms with Crippen molar-refractivity contribution in [3.05, 3.63) is 42.1 Å². The molecule has 0 saturated heterocycles. The molecule has 15 heavy (non-hydrogen) atoms. The predicted molar refractivity (Wildman–Crippen MR) is 57.4 cm³/mol. The largest absolute Gasteiger partial charge is 0.411 e. The molecule has 5 nitrogen and oxygen atoms in total. The van der Waals surface area contributed by atoms with Gasteiger partial charge in [-0.1, -0.05) is 23.4 Å². The van der Waals surface area contributed by atoms with E-state index in [-0.39, 0.29) is 0 Å². The van der Waals surface area contributed by atoms with Gasteiger partial charge in [-0.25, -0.2) is 4.68 Å². The van der Waals surface area contributed by atoms with Gasteiger partial charge in [0.25, 0.3) is 0 Å². The topological polar surface area (TPSA) is 76.4 Å². The molecule has 0 aliphatic carbocycles. The van der Waals surface area contributed by atoms with E-state index >= 15 is 0 Å². The highest BCUT2D eigenvalue weighted by Gasteiger charge is 2.06. The SMILES string of the molecule is Nc1c(C=NO)cnn1-c1ccccc1. The molecule has 2 aromatic rings. The fourth-order valence-corrected chi connectivity index (χ4v) is 1.31. The normalized spacial score (nSPS) is 10.9. The number of benzene rings is 1. The van der Waals surface area contributed by atoms with E-state index in [4.69, 9.17) is 10.9 Å². The summed E-state index contributed by atoms with van der Waals surface area (Å²) in [4.78, 5) is 0. The molecule has 0 saturated carbocycles. The van der Waals surface area contributed by atoms with E-state index in [1.165, 1.54) is 6.21 Å². The first-order valence-electron chi connectivity index (χ1n) is 4.39. The lowest BCUT2D eigenvalue weighted by Gasteiger charge is -2.02. The monoisotopic (exact) mass is 202 g/mol. The van der Waals surface area contributed by atoms with Gasteiger partial charge in [-0.15, -0.1) is 0 Å². The summed E-state index contributed by atoms with van der Waals surface area (Å²) < 4.78 is 1.58. The van der Waals surface area contributed by atoms with Crippen LogP contribution in [0.4, 0.5) is 5.82 Å². The van der Waals surface area contributed by atoms with E-state index in [9.17, 15) is 0 Å². The standard InChI is InChI=1S/C10H10N4O/c11-10-8(7-13-15)6-12-14(10)9-4-2-1-3-5-9/h1-7,15H,11H2. The quantitative estimate of drug-likeness (QED) is 0.437. The Hall–Kier alpha value is -2.30. The summed E-state index contributed by atoms with van der Waals surface area (Å²) in [5.74, 6) is 0.444. The highest BCUT2D eigenvalue weighted by molar-refractivity contribution is 5.85. The Morgan fingerprint density at radius 1 is 1.33 bits per heavy atom. The average molecular weight is 202 g/mol. The number of anilines is 1. The number of nitrogen functional groups attached to an aromatic ring is 1. The van der Waals surface area contributed by atoms with Crippen LogP contribution >= 0.6 is 0 Å². The van der Waals surface area contributed by atoms with Gasteiger partial charge in [-0.05, 0) is 12.1 Å². The molecule has 5 heteroatoms. The molecule has 1 aromatic heterocycles.